The van der Waals surface area contributed by atoms with Crippen molar-refractivity contribution in [2.24, 2.45) is 11.8 Å². The zero-order valence-electron chi connectivity index (χ0n) is 21.0. The van der Waals surface area contributed by atoms with Gasteiger partial charge >= 0.3 is 0 Å². The van der Waals surface area contributed by atoms with Crippen molar-refractivity contribution in [1.82, 2.24) is 5.48 Å². The van der Waals surface area contributed by atoms with Gasteiger partial charge in [-0.1, -0.05) is 65.8 Å². The summed E-state index contributed by atoms with van der Waals surface area (Å²) in [7, 11) is 1.43. The first-order valence-corrected chi connectivity index (χ1v) is 11.1. The molecule has 1 aromatic carbocycles. The van der Waals surface area contributed by atoms with E-state index in [9.17, 15) is 0 Å². The van der Waals surface area contributed by atoms with E-state index < -0.39 is 0 Å². The van der Waals surface area contributed by atoms with Crippen LogP contribution in [0.5, 0.6) is 0 Å². The maximum absolute atomic E-state index is 9.10. The van der Waals surface area contributed by atoms with E-state index in [-0.39, 0.29) is 45.6 Å². The molecule has 0 spiro atoms. The molecule has 5 nitrogen and oxygen atoms in total. The van der Waals surface area contributed by atoms with Gasteiger partial charge in [-0.25, -0.2) is 5.48 Å². The van der Waals surface area contributed by atoms with Gasteiger partial charge in [0.25, 0.3) is 0 Å². The maximum Gasteiger partial charge on any atom is 0.143 e. The monoisotopic (exact) mass is 504 g/mol. The van der Waals surface area contributed by atoms with E-state index in [0.717, 1.165) is 25.2 Å². The van der Waals surface area contributed by atoms with Crippen LogP contribution in [0, 0.1) is 18.8 Å². The topological polar surface area (TPSA) is 82.0 Å². The smallest absolute Gasteiger partial charge is 0.143 e. The Balaban J connectivity index is -0.000000167. The van der Waals surface area contributed by atoms with Crippen molar-refractivity contribution in [3.63, 3.8) is 0 Å². The number of rotatable bonds is 5. The molecule has 4 N–H and O–H groups in total. The Hall–Kier alpha value is 0.124. The maximum atomic E-state index is 9.10. The second-order valence-corrected chi connectivity index (χ2v) is 7.02. The molecule has 0 bridgehead atoms. The standard InChI is InChI=1S/C11H16O.C7H15NO.C2H6O2.2C2H6.Y/c1-9-5-3-4-6-11(9)8-7-10(2)12;1-5-3-6(2)7(4-5)8-9;1-4-2-3;2*1-2;/h3-6,10,12H,7-8H2,1-2H3;5-9H,3-4H2,1-2H3;3H,2H2,1H3;2*1-2H3;. The van der Waals surface area contributed by atoms with Crippen LogP contribution in [0.25, 0.3) is 0 Å². The Morgan fingerprint density at radius 3 is 1.90 bits per heavy atom. The average Bonchev–Trinajstić information content (AvgIpc) is 3.08. The Bertz CT molecular complexity index is 445. The normalized spacial score (nSPS) is 19.7. The fraction of sp³-hybridized carbons (Fsp3) is 0.750. The summed E-state index contributed by atoms with van der Waals surface area (Å²) in [6.07, 6.45) is 4.01. The van der Waals surface area contributed by atoms with E-state index in [1.807, 2.05) is 46.8 Å². The van der Waals surface area contributed by atoms with Gasteiger partial charge in [0.15, 0.2) is 0 Å². The molecular formula is C24H49NO4Y. The quantitative estimate of drug-likeness (QED) is 0.322. The predicted octanol–water partition coefficient (Wildman–Crippen LogP) is 5.34. The number of nitrogens with one attached hydrogen (secondary N) is 1. The van der Waals surface area contributed by atoms with Gasteiger partial charge in [-0.05, 0) is 62.5 Å². The fourth-order valence-electron chi connectivity index (χ4n) is 3.00. The number of aliphatic hydroxyl groups excluding tert-OH is 2. The Morgan fingerprint density at radius 1 is 1.10 bits per heavy atom. The third-order valence-corrected chi connectivity index (χ3v) is 4.50. The molecule has 1 aromatic rings. The molecule has 2 rings (SSSR count). The third-order valence-electron chi connectivity index (χ3n) is 4.50. The molecule has 4 atom stereocenters. The zero-order valence-corrected chi connectivity index (χ0v) is 23.8. The molecule has 1 radical (unpaired) electrons. The van der Waals surface area contributed by atoms with E-state index in [0.29, 0.717) is 12.0 Å². The van der Waals surface area contributed by atoms with Gasteiger partial charge in [0.2, 0.25) is 0 Å². The molecular weight excluding hydrogens is 455 g/mol. The van der Waals surface area contributed by atoms with Crippen LogP contribution < -0.4 is 5.48 Å². The minimum atomic E-state index is -0.190. The number of hydrogen-bond acceptors (Lipinski definition) is 5. The van der Waals surface area contributed by atoms with Gasteiger partial charge in [-0.2, -0.15) is 0 Å². The predicted molar refractivity (Wildman–Crippen MR) is 124 cm³/mol. The van der Waals surface area contributed by atoms with E-state index in [1.54, 1.807) is 0 Å². The fourth-order valence-corrected chi connectivity index (χ4v) is 3.00. The minimum absolute atomic E-state index is 0. The second-order valence-electron chi connectivity index (χ2n) is 7.02. The Kier molecular flexibility index (Phi) is 33.9. The van der Waals surface area contributed by atoms with Gasteiger partial charge in [-0.3, -0.25) is 0 Å². The number of ether oxygens (including phenoxy) is 1. The number of aryl methyl sites for hydroxylation is 2. The Labute approximate surface area is 211 Å². The first-order valence-electron chi connectivity index (χ1n) is 11.1. The molecule has 0 aliphatic heterocycles. The molecule has 6 heteroatoms. The molecule has 30 heavy (non-hydrogen) atoms. The van der Waals surface area contributed by atoms with Crippen molar-refractivity contribution >= 4 is 0 Å². The van der Waals surface area contributed by atoms with Gasteiger partial charge in [0.05, 0.1) is 6.10 Å². The van der Waals surface area contributed by atoms with E-state index in [2.05, 4.69) is 43.1 Å². The number of methoxy groups -OCH3 is 1. The first kappa shape index (κ1) is 37.4. The summed E-state index contributed by atoms with van der Waals surface area (Å²) >= 11 is 0. The van der Waals surface area contributed by atoms with E-state index >= 15 is 0 Å². The molecule has 4 unspecified atom stereocenters. The van der Waals surface area contributed by atoms with Crippen LogP contribution in [-0.4, -0.2) is 41.5 Å². The van der Waals surface area contributed by atoms with E-state index in [4.69, 9.17) is 15.4 Å². The van der Waals surface area contributed by atoms with Crippen molar-refractivity contribution in [1.29, 1.82) is 0 Å². The zero-order chi connectivity index (χ0) is 23.2. The summed E-state index contributed by atoms with van der Waals surface area (Å²) in [5.74, 6) is 1.43. The van der Waals surface area contributed by atoms with Crippen LogP contribution in [0.1, 0.15) is 78.9 Å². The van der Waals surface area contributed by atoms with Crippen molar-refractivity contribution in [2.75, 3.05) is 13.9 Å². The third kappa shape index (κ3) is 21.4. The first-order chi connectivity index (χ1) is 13.8. The molecule has 1 aliphatic carbocycles. The number of aliphatic hydroxyl groups is 2. The summed E-state index contributed by atoms with van der Waals surface area (Å²) in [6, 6.07) is 8.67. The number of hydrogen-bond donors (Lipinski definition) is 4. The minimum Gasteiger partial charge on any atom is -0.393 e. The molecule has 1 saturated carbocycles. The molecule has 0 aromatic heterocycles. The molecule has 177 valence electrons. The Morgan fingerprint density at radius 2 is 1.60 bits per heavy atom. The van der Waals surface area contributed by atoms with Gasteiger partial charge in [-0.15, -0.1) is 0 Å². The van der Waals surface area contributed by atoms with Gasteiger partial charge in [0.1, 0.15) is 6.79 Å². The summed E-state index contributed by atoms with van der Waals surface area (Å²) in [5.41, 5.74) is 5.01. The second kappa shape index (κ2) is 27.2. The summed E-state index contributed by atoms with van der Waals surface area (Å²) in [4.78, 5) is 0. The number of benzene rings is 1. The van der Waals surface area contributed by atoms with Crippen LogP contribution in [-0.2, 0) is 43.9 Å². The summed E-state index contributed by atoms with van der Waals surface area (Å²) < 4.78 is 4.10. The summed E-state index contributed by atoms with van der Waals surface area (Å²) in [5, 5.41) is 25.4. The average molecular weight is 505 g/mol. The summed E-state index contributed by atoms with van der Waals surface area (Å²) in [6.45, 7) is 16.2. The molecule has 1 fully saturated rings. The van der Waals surface area contributed by atoms with Crippen molar-refractivity contribution < 1.29 is 52.9 Å². The van der Waals surface area contributed by atoms with Crippen LogP contribution in [0.15, 0.2) is 24.3 Å². The SMILES string of the molecule is CC.CC.CC1CC(C)C(NO)C1.COCO.Cc1ccccc1CCC(C)O.[Y]. The molecule has 0 heterocycles. The van der Waals surface area contributed by atoms with Crippen LogP contribution >= 0.6 is 0 Å². The van der Waals surface area contributed by atoms with Crippen molar-refractivity contribution in [3.05, 3.63) is 35.4 Å². The molecule has 1 aliphatic rings. The van der Waals surface area contributed by atoms with Crippen LogP contribution in [0.2, 0.25) is 0 Å². The van der Waals surface area contributed by atoms with Gasteiger partial charge in [0, 0.05) is 45.9 Å². The van der Waals surface area contributed by atoms with Crippen LogP contribution in [0.4, 0.5) is 0 Å². The molecule has 0 amide bonds. The number of hydroxylamine groups is 1. The van der Waals surface area contributed by atoms with Crippen molar-refractivity contribution in [2.45, 2.75) is 93.2 Å². The molecule has 0 saturated heterocycles. The largest absolute Gasteiger partial charge is 0.393 e. The van der Waals surface area contributed by atoms with E-state index in [1.165, 1.54) is 24.7 Å². The van der Waals surface area contributed by atoms with Crippen molar-refractivity contribution in [3.8, 4) is 0 Å². The van der Waals surface area contributed by atoms with Crippen LogP contribution in [0.3, 0.4) is 0 Å². The van der Waals surface area contributed by atoms with Gasteiger partial charge < -0.3 is 20.2 Å².